The lowest BCUT2D eigenvalue weighted by Crippen LogP contribution is -2.20. The number of carbonyl (C=O) groups excluding carboxylic acids is 1. The molecule has 122 valence electrons. The molecule has 0 radical (unpaired) electrons. The van der Waals surface area contributed by atoms with Crippen molar-refractivity contribution >= 4 is 17.3 Å². The maximum Gasteiger partial charge on any atom is 0.262 e. The summed E-state index contributed by atoms with van der Waals surface area (Å²) < 4.78 is 5.52. The second-order valence-electron chi connectivity index (χ2n) is 6.68. The Labute approximate surface area is 137 Å². The van der Waals surface area contributed by atoms with Gasteiger partial charge in [0.05, 0.1) is 0 Å². The van der Waals surface area contributed by atoms with Crippen molar-refractivity contribution in [3.05, 3.63) is 53.6 Å². The fraction of sp³-hybridized carbons (Fsp3) is 0.316. The molecule has 4 nitrogen and oxygen atoms in total. The van der Waals surface area contributed by atoms with Gasteiger partial charge in [0.2, 0.25) is 0 Å². The van der Waals surface area contributed by atoms with Gasteiger partial charge in [-0.2, -0.15) is 0 Å². The van der Waals surface area contributed by atoms with Crippen molar-refractivity contribution in [3.63, 3.8) is 0 Å². The van der Waals surface area contributed by atoms with Gasteiger partial charge in [-0.1, -0.05) is 39.0 Å². The molecule has 2 rings (SSSR count). The molecule has 0 atom stereocenters. The predicted octanol–water partition coefficient (Wildman–Crippen LogP) is 3.89. The number of nitrogens with one attached hydrogen (secondary N) is 1. The summed E-state index contributed by atoms with van der Waals surface area (Å²) in [6.07, 6.45) is 0. The van der Waals surface area contributed by atoms with Gasteiger partial charge in [-0.05, 0) is 47.7 Å². The molecule has 0 aliphatic heterocycles. The fourth-order valence-electron chi connectivity index (χ4n) is 2.12. The topological polar surface area (TPSA) is 64.3 Å². The van der Waals surface area contributed by atoms with E-state index in [1.807, 2.05) is 43.3 Å². The van der Waals surface area contributed by atoms with Gasteiger partial charge in [0.1, 0.15) is 5.75 Å². The molecule has 4 heteroatoms. The molecule has 0 heterocycles. The first-order chi connectivity index (χ1) is 10.8. The largest absolute Gasteiger partial charge is 0.484 e. The molecule has 0 bridgehead atoms. The quantitative estimate of drug-likeness (QED) is 0.842. The first-order valence-electron chi connectivity index (χ1n) is 7.65. The highest BCUT2D eigenvalue weighted by Crippen LogP contribution is 2.24. The summed E-state index contributed by atoms with van der Waals surface area (Å²) in [7, 11) is 0. The van der Waals surface area contributed by atoms with E-state index < -0.39 is 0 Å². The van der Waals surface area contributed by atoms with Gasteiger partial charge in [-0.25, -0.2) is 0 Å². The Hall–Kier alpha value is -2.49. The number of hydrogen-bond donors (Lipinski definition) is 2. The third-order valence-corrected chi connectivity index (χ3v) is 3.65. The van der Waals surface area contributed by atoms with E-state index >= 15 is 0 Å². The molecule has 0 fully saturated rings. The van der Waals surface area contributed by atoms with Gasteiger partial charge in [0.15, 0.2) is 6.61 Å². The van der Waals surface area contributed by atoms with E-state index in [9.17, 15) is 4.79 Å². The second-order valence-corrected chi connectivity index (χ2v) is 6.68. The first kappa shape index (κ1) is 16.9. The fourth-order valence-corrected chi connectivity index (χ4v) is 2.12. The summed E-state index contributed by atoms with van der Waals surface area (Å²) in [6, 6.07) is 13.3. The van der Waals surface area contributed by atoms with Crippen molar-refractivity contribution in [1.82, 2.24) is 0 Å². The number of ether oxygens (including phenoxy) is 1. The highest BCUT2D eigenvalue weighted by molar-refractivity contribution is 5.92. The third kappa shape index (κ3) is 4.74. The van der Waals surface area contributed by atoms with Gasteiger partial charge in [0, 0.05) is 11.4 Å². The normalized spacial score (nSPS) is 11.1. The summed E-state index contributed by atoms with van der Waals surface area (Å²) in [6.45, 7) is 8.35. The van der Waals surface area contributed by atoms with Crippen molar-refractivity contribution in [3.8, 4) is 5.75 Å². The Morgan fingerprint density at radius 2 is 1.78 bits per heavy atom. The van der Waals surface area contributed by atoms with E-state index in [1.165, 1.54) is 5.56 Å². The molecule has 2 aromatic carbocycles. The average molecular weight is 312 g/mol. The Morgan fingerprint density at radius 3 is 2.35 bits per heavy atom. The minimum absolute atomic E-state index is 0.0390. The van der Waals surface area contributed by atoms with Gasteiger partial charge < -0.3 is 15.8 Å². The molecular weight excluding hydrogens is 288 g/mol. The molecule has 1 amide bonds. The number of aryl methyl sites for hydroxylation is 1. The molecule has 0 aliphatic rings. The molecule has 0 saturated carbocycles. The maximum atomic E-state index is 11.9. The SMILES string of the molecule is Cc1ccc(NC(=O)COc2ccc(C(C)(C)C)cc2)cc1N. The van der Waals surface area contributed by atoms with E-state index in [0.717, 1.165) is 5.56 Å². The number of nitrogen functional groups attached to an aromatic ring is 1. The number of hydrogen-bond acceptors (Lipinski definition) is 3. The minimum Gasteiger partial charge on any atom is -0.484 e. The van der Waals surface area contributed by atoms with E-state index in [0.29, 0.717) is 17.1 Å². The lowest BCUT2D eigenvalue weighted by Gasteiger charge is -2.19. The van der Waals surface area contributed by atoms with Crippen LogP contribution in [0.1, 0.15) is 31.9 Å². The van der Waals surface area contributed by atoms with Crippen LogP contribution in [-0.4, -0.2) is 12.5 Å². The van der Waals surface area contributed by atoms with E-state index in [1.54, 1.807) is 6.07 Å². The van der Waals surface area contributed by atoms with E-state index in [4.69, 9.17) is 10.5 Å². The molecule has 2 aromatic rings. The van der Waals surface area contributed by atoms with Crippen LogP contribution >= 0.6 is 0 Å². The van der Waals surface area contributed by atoms with Gasteiger partial charge in [-0.15, -0.1) is 0 Å². The molecule has 0 saturated heterocycles. The molecule has 0 spiro atoms. The number of amides is 1. The van der Waals surface area contributed by atoms with Gasteiger partial charge in [-0.3, -0.25) is 4.79 Å². The van der Waals surface area contributed by atoms with Crippen LogP contribution in [0, 0.1) is 6.92 Å². The minimum atomic E-state index is -0.215. The second kappa shape index (κ2) is 6.73. The zero-order valence-electron chi connectivity index (χ0n) is 14.1. The predicted molar refractivity (Wildman–Crippen MR) is 94.9 cm³/mol. The van der Waals surface area contributed by atoms with Crippen LogP contribution in [0.4, 0.5) is 11.4 Å². The standard InChI is InChI=1S/C19H24N2O2/c1-13-5-8-15(11-17(13)20)21-18(22)12-23-16-9-6-14(7-10-16)19(2,3)4/h5-11H,12,20H2,1-4H3,(H,21,22). The highest BCUT2D eigenvalue weighted by atomic mass is 16.5. The smallest absolute Gasteiger partial charge is 0.262 e. The lowest BCUT2D eigenvalue weighted by atomic mass is 9.87. The monoisotopic (exact) mass is 312 g/mol. The number of carbonyl (C=O) groups is 1. The number of nitrogens with two attached hydrogens (primary N) is 1. The van der Waals surface area contributed by atoms with Crippen molar-refractivity contribution in [1.29, 1.82) is 0 Å². The van der Waals surface area contributed by atoms with Crippen LogP contribution in [0.2, 0.25) is 0 Å². The average Bonchev–Trinajstić information content (AvgIpc) is 2.48. The summed E-state index contributed by atoms with van der Waals surface area (Å²) in [5.41, 5.74) is 9.46. The summed E-state index contributed by atoms with van der Waals surface area (Å²) in [5.74, 6) is 0.463. The van der Waals surface area contributed by atoms with Crippen LogP contribution < -0.4 is 15.8 Å². The maximum absolute atomic E-state index is 11.9. The Bertz CT molecular complexity index is 686. The summed E-state index contributed by atoms with van der Waals surface area (Å²) >= 11 is 0. The van der Waals surface area contributed by atoms with Crippen LogP contribution in [0.5, 0.6) is 5.75 Å². The van der Waals surface area contributed by atoms with E-state index in [2.05, 4.69) is 26.1 Å². The highest BCUT2D eigenvalue weighted by Gasteiger charge is 2.13. The van der Waals surface area contributed by atoms with Crippen molar-refractivity contribution in [2.75, 3.05) is 17.7 Å². The van der Waals surface area contributed by atoms with Crippen LogP contribution in [0.25, 0.3) is 0 Å². The van der Waals surface area contributed by atoms with Crippen LogP contribution in [-0.2, 0) is 10.2 Å². The Morgan fingerprint density at radius 1 is 1.13 bits per heavy atom. The lowest BCUT2D eigenvalue weighted by molar-refractivity contribution is -0.118. The first-order valence-corrected chi connectivity index (χ1v) is 7.65. The molecule has 0 aromatic heterocycles. The van der Waals surface area contributed by atoms with E-state index in [-0.39, 0.29) is 17.9 Å². The van der Waals surface area contributed by atoms with Crippen molar-refractivity contribution in [2.45, 2.75) is 33.1 Å². The number of benzene rings is 2. The summed E-state index contributed by atoms with van der Waals surface area (Å²) in [4.78, 5) is 11.9. The molecule has 0 aliphatic carbocycles. The molecule has 3 N–H and O–H groups in total. The van der Waals surface area contributed by atoms with Crippen LogP contribution in [0.3, 0.4) is 0 Å². The summed E-state index contributed by atoms with van der Waals surface area (Å²) in [5, 5.41) is 2.77. The van der Waals surface area contributed by atoms with Crippen molar-refractivity contribution in [2.24, 2.45) is 0 Å². The Balaban J connectivity index is 1.90. The zero-order chi connectivity index (χ0) is 17.0. The van der Waals surface area contributed by atoms with Gasteiger partial charge >= 0.3 is 0 Å². The number of rotatable bonds is 4. The van der Waals surface area contributed by atoms with Crippen LogP contribution in [0.15, 0.2) is 42.5 Å². The van der Waals surface area contributed by atoms with Crippen molar-refractivity contribution < 1.29 is 9.53 Å². The molecular formula is C19H24N2O2. The number of anilines is 2. The zero-order valence-corrected chi connectivity index (χ0v) is 14.1. The molecule has 0 unspecified atom stereocenters. The van der Waals surface area contributed by atoms with Gasteiger partial charge in [0.25, 0.3) is 5.91 Å². The molecule has 23 heavy (non-hydrogen) atoms. The third-order valence-electron chi connectivity index (χ3n) is 3.65. The Kier molecular flexibility index (Phi) is 4.94.